The Morgan fingerprint density at radius 3 is 2.72 bits per heavy atom. The van der Waals surface area contributed by atoms with Gasteiger partial charge in [-0.25, -0.2) is 9.48 Å². The van der Waals surface area contributed by atoms with Gasteiger partial charge < -0.3 is 14.7 Å². The molecule has 1 aliphatic heterocycles. The highest BCUT2D eigenvalue weighted by Crippen LogP contribution is 2.40. The minimum atomic E-state index is -1.18. The van der Waals surface area contributed by atoms with Crippen LogP contribution in [0.15, 0.2) is 24.4 Å². The Bertz CT molecular complexity index is 822. The molecule has 3 rings (SSSR count). The Labute approximate surface area is 145 Å². The Morgan fingerprint density at radius 1 is 1.32 bits per heavy atom. The van der Waals surface area contributed by atoms with E-state index in [0.29, 0.717) is 13.2 Å². The van der Waals surface area contributed by atoms with Crippen LogP contribution in [0.25, 0.3) is 0 Å². The number of aromatic nitrogens is 3. The molecule has 0 atom stereocenters. The lowest BCUT2D eigenvalue weighted by molar-refractivity contribution is -0.119. The molecule has 2 aromatic rings. The summed E-state index contributed by atoms with van der Waals surface area (Å²) in [4.78, 5) is 25.2. The maximum atomic E-state index is 12.7. The van der Waals surface area contributed by atoms with Crippen LogP contribution in [-0.2, 0) is 16.8 Å². The Morgan fingerprint density at radius 2 is 2.08 bits per heavy atom. The number of fused-ring (bicyclic) bond motifs is 1. The SMILES string of the molecule is CC(C)(C)c1cccc2c1OCCN2C(=O)Cn1cc(C(=O)O)nn1. The summed E-state index contributed by atoms with van der Waals surface area (Å²) in [6, 6.07) is 5.77. The number of anilines is 1. The Balaban J connectivity index is 1.87. The van der Waals surface area contributed by atoms with Crippen molar-refractivity contribution in [2.45, 2.75) is 32.7 Å². The second-order valence-corrected chi connectivity index (χ2v) is 6.90. The van der Waals surface area contributed by atoms with Crippen molar-refractivity contribution in [3.8, 4) is 5.75 Å². The highest BCUT2D eigenvalue weighted by atomic mass is 16.5. The maximum Gasteiger partial charge on any atom is 0.358 e. The number of ether oxygens (including phenoxy) is 1. The predicted molar refractivity (Wildman–Crippen MR) is 90.0 cm³/mol. The largest absolute Gasteiger partial charge is 0.489 e. The number of hydrogen-bond acceptors (Lipinski definition) is 5. The average molecular weight is 344 g/mol. The van der Waals surface area contributed by atoms with Crippen molar-refractivity contribution in [3.63, 3.8) is 0 Å². The van der Waals surface area contributed by atoms with Crippen molar-refractivity contribution in [2.24, 2.45) is 0 Å². The summed E-state index contributed by atoms with van der Waals surface area (Å²) >= 11 is 0. The van der Waals surface area contributed by atoms with Gasteiger partial charge in [0.1, 0.15) is 18.9 Å². The zero-order valence-corrected chi connectivity index (χ0v) is 14.4. The molecule has 0 bridgehead atoms. The fraction of sp³-hybridized carbons (Fsp3) is 0.412. The van der Waals surface area contributed by atoms with Crippen molar-refractivity contribution < 1.29 is 19.4 Å². The number of hydrogen-bond donors (Lipinski definition) is 1. The van der Waals surface area contributed by atoms with E-state index >= 15 is 0 Å². The molecule has 1 aromatic heterocycles. The quantitative estimate of drug-likeness (QED) is 0.910. The fourth-order valence-electron chi connectivity index (χ4n) is 2.80. The van der Waals surface area contributed by atoms with Gasteiger partial charge in [-0.1, -0.05) is 38.1 Å². The maximum absolute atomic E-state index is 12.7. The number of carbonyl (C=O) groups is 2. The molecule has 0 aliphatic carbocycles. The van der Waals surface area contributed by atoms with Gasteiger partial charge in [0.25, 0.3) is 0 Å². The van der Waals surface area contributed by atoms with Gasteiger partial charge in [0, 0.05) is 5.56 Å². The number of aromatic carboxylic acids is 1. The summed E-state index contributed by atoms with van der Waals surface area (Å²) in [6.07, 6.45) is 1.24. The third-order valence-electron chi connectivity index (χ3n) is 4.01. The van der Waals surface area contributed by atoms with Crippen LogP contribution >= 0.6 is 0 Å². The smallest absolute Gasteiger partial charge is 0.358 e. The molecule has 8 heteroatoms. The van der Waals surface area contributed by atoms with Crippen LogP contribution in [0.5, 0.6) is 5.75 Å². The number of carboxylic acid groups (broad SMARTS) is 1. The molecule has 8 nitrogen and oxygen atoms in total. The van der Waals surface area contributed by atoms with Gasteiger partial charge in [-0.15, -0.1) is 5.10 Å². The molecule has 0 fully saturated rings. The minimum absolute atomic E-state index is 0.0839. The van der Waals surface area contributed by atoms with Crippen LogP contribution in [0, 0.1) is 0 Å². The summed E-state index contributed by atoms with van der Waals surface area (Å²) < 4.78 is 7.07. The first-order valence-corrected chi connectivity index (χ1v) is 7.97. The predicted octanol–water partition coefficient (Wildman–Crippen LogP) is 1.70. The van der Waals surface area contributed by atoms with Crippen LogP contribution in [0.4, 0.5) is 5.69 Å². The lowest BCUT2D eigenvalue weighted by Crippen LogP contribution is -2.40. The number of carboxylic acids is 1. The summed E-state index contributed by atoms with van der Waals surface area (Å²) in [6.45, 7) is 7.03. The van der Waals surface area contributed by atoms with E-state index in [-0.39, 0.29) is 23.6 Å². The summed E-state index contributed by atoms with van der Waals surface area (Å²) in [7, 11) is 0. The normalized spacial score (nSPS) is 14.0. The molecule has 1 N–H and O–H groups in total. The molecule has 2 heterocycles. The Kier molecular flexibility index (Phi) is 4.20. The van der Waals surface area contributed by atoms with Crippen LogP contribution in [-0.4, -0.2) is 45.1 Å². The molecule has 0 saturated heterocycles. The fourth-order valence-corrected chi connectivity index (χ4v) is 2.80. The highest BCUT2D eigenvalue weighted by Gasteiger charge is 2.29. The molecule has 0 spiro atoms. The number of rotatable bonds is 3. The summed E-state index contributed by atoms with van der Waals surface area (Å²) in [5.74, 6) is -0.651. The first-order valence-electron chi connectivity index (χ1n) is 7.97. The van der Waals surface area contributed by atoms with Gasteiger partial charge in [0.15, 0.2) is 5.69 Å². The molecule has 1 aromatic carbocycles. The van der Waals surface area contributed by atoms with E-state index in [9.17, 15) is 9.59 Å². The molecule has 0 radical (unpaired) electrons. The molecule has 1 aliphatic rings. The standard InChI is InChI=1S/C17H20N4O4/c1-17(2,3)11-5-4-6-13-15(11)25-8-7-21(13)14(22)10-20-9-12(16(23)24)18-19-20/h4-6,9H,7-8,10H2,1-3H3,(H,23,24). The second-order valence-electron chi connectivity index (χ2n) is 6.90. The third kappa shape index (κ3) is 3.33. The van der Waals surface area contributed by atoms with Crippen LogP contribution in [0.1, 0.15) is 36.8 Å². The average Bonchev–Trinajstić information content (AvgIpc) is 3.01. The summed E-state index contributed by atoms with van der Waals surface area (Å²) in [5, 5.41) is 16.1. The number of benzene rings is 1. The van der Waals surface area contributed by atoms with Crippen molar-refractivity contribution in [2.75, 3.05) is 18.1 Å². The van der Waals surface area contributed by atoms with Crippen LogP contribution in [0.3, 0.4) is 0 Å². The highest BCUT2D eigenvalue weighted by molar-refractivity contribution is 5.95. The van der Waals surface area contributed by atoms with E-state index in [2.05, 4.69) is 31.1 Å². The van der Waals surface area contributed by atoms with Gasteiger partial charge in [-0.3, -0.25) is 4.79 Å². The van der Waals surface area contributed by atoms with E-state index in [4.69, 9.17) is 9.84 Å². The van der Waals surface area contributed by atoms with E-state index < -0.39 is 5.97 Å². The molecule has 132 valence electrons. The Hall–Kier alpha value is -2.90. The zero-order chi connectivity index (χ0) is 18.2. The number of nitrogens with zero attached hydrogens (tertiary/aromatic N) is 4. The second kappa shape index (κ2) is 6.19. The van der Waals surface area contributed by atoms with E-state index in [1.807, 2.05) is 18.2 Å². The van der Waals surface area contributed by atoms with Crippen molar-refractivity contribution in [1.82, 2.24) is 15.0 Å². The van der Waals surface area contributed by atoms with E-state index in [0.717, 1.165) is 17.0 Å². The van der Waals surface area contributed by atoms with Crippen molar-refractivity contribution in [3.05, 3.63) is 35.7 Å². The van der Waals surface area contributed by atoms with Gasteiger partial charge in [-0.2, -0.15) is 0 Å². The van der Waals surface area contributed by atoms with Crippen LogP contribution < -0.4 is 9.64 Å². The number of para-hydroxylation sites is 1. The van der Waals surface area contributed by atoms with Gasteiger partial charge in [0.05, 0.1) is 18.4 Å². The third-order valence-corrected chi connectivity index (χ3v) is 4.01. The molecule has 1 amide bonds. The van der Waals surface area contributed by atoms with Gasteiger partial charge in [-0.05, 0) is 11.5 Å². The zero-order valence-electron chi connectivity index (χ0n) is 14.4. The van der Waals surface area contributed by atoms with Gasteiger partial charge >= 0.3 is 5.97 Å². The van der Waals surface area contributed by atoms with Gasteiger partial charge in [0.2, 0.25) is 5.91 Å². The molecular formula is C17H20N4O4. The van der Waals surface area contributed by atoms with Crippen molar-refractivity contribution in [1.29, 1.82) is 0 Å². The van der Waals surface area contributed by atoms with Crippen LogP contribution in [0.2, 0.25) is 0 Å². The molecule has 0 saturated carbocycles. The minimum Gasteiger partial charge on any atom is -0.489 e. The number of amides is 1. The first-order chi connectivity index (χ1) is 11.8. The van der Waals surface area contributed by atoms with E-state index in [1.165, 1.54) is 10.9 Å². The lowest BCUT2D eigenvalue weighted by atomic mass is 9.85. The monoisotopic (exact) mass is 344 g/mol. The molecule has 0 unspecified atom stereocenters. The topological polar surface area (TPSA) is 97.5 Å². The number of carbonyl (C=O) groups excluding carboxylic acids is 1. The molecular weight excluding hydrogens is 324 g/mol. The molecule has 25 heavy (non-hydrogen) atoms. The van der Waals surface area contributed by atoms with Crippen molar-refractivity contribution >= 4 is 17.6 Å². The first kappa shape index (κ1) is 16.9. The van der Waals surface area contributed by atoms with E-state index in [1.54, 1.807) is 4.90 Å². The lowest BCUT2D eigenvalue weighted by Gasteiger charge is -2.33. The summed E-state index contributed by atoms with van der Waals surface area (Å²) in [5.41, 5.74) is 1.46.